The van der Waals surface area contributed by atoms with E-state index in [9.17, 15) is 8.78 Å². The SMILES string of the molecule is NC1N=c2ccccc2=C(C2CCN(CCCOc3ccc(F)c(F)c3)CC2)S1. The van der Waals surface area contributed by atoms with Gasteiger partial charge in [0.25, 0.3) is 0 Å². The van der Waals surface area contributed by atoms with E-state index in [1.807, 2.05) is 12.1 Å². The number of fused-ring (bicyclic) bond motifs is 1. The lowest BCUT2D eigenvalue weighted by molar-refractivity contribution is 0.189. The van der Waals surface area contributed by atoms with Crippen molar-refractivity contribution in [2.75, 3.05) is 26.2 Å². The van der Waals surface area contributed by atoms with E-state index in [1.165, 1.54) is 16.2 Å². The van der Waals surface area contributed by atoms with Crippen molar-refractivity contribution in [3.8, 4) is 5.75 Å². The molecule has 0 radical (unpaired) electrons. The fourth-order valence-electron chi connectivity index (χ4n) is 3.93. The average Bonchev–Trinajstić information content (AvgIpc) is 2.73. The first-order valence-electron chi connectivity index (χ1n) is 9.99. The molecule has 1 fully saturated rings. The van der Waals surface area contributed by atoms with Crippen molar-refractivity contribution in [1.29, 1.82) is 0 Å². The van der Waals surface area contributed by atoms with Crippen LogP contribution in [0.1, 0.15) is 19.3 Å². The normalized spacial score (nSPS) is 20.2. The number of likely N-dealkylation sites (tertiary alicyclic amines) is 1. The van der Waals surface area contributed by atoms with E-state index in [0.29, 0.717) is 18.3 Å². The third kappa shape index (κ3) is 4.97. The molecule has 0 bridgehead atoms. The second kappa shape index (κ2) is 9.24. The third-order valence-corrected chi connectivity index (χ3v) is 6.57. The van der Waals surface area contributed by atoms with Crippen molar-refractivity contribution >= 4 is 16.7 Å². The summed E-state index contributed by atoms with van der Waals surface area (Å²) in [7, 11) is 0. The van der Waals surface area contributed by atoms with Gasteiger partial charge in [-0.15, -0.1) is 0 Å². The van der Waals surface area contributed by atoms with Crippen LogP contribution < -0.4 is 21.0 Å². The van der Waals surface area contributed by atoms with E-state index in [2.05, 4.69) is 22.0 Å². The Morgan fingerprint density at radius 1 is 1.10 bits per heavy atom. The summed E-state index contributed by atoms with van der Waals surface area (Å²) in [5.74, 6) is -0.839. The molecule has 2 aromatic carbocycles. The van der Waals surface area contributed by atoms with Crippen LogP contribution >= 0.6 is 11.8 Å². The molecule has 2 N–H and O–H groups in total. The van der Waals surface area contributed by atoms with Crippen LogP contribution in [-0.4, -0.2) is 36.6 Å². The molecule has 2 heterocycles. The number of nitrogens with two attached hydrogens (primary N) is 1. The first kappa shape index (κ1) is 20.3. The van der Waals surface area contributed by atoms with Crippen molar-refractivity contribution in [3.05, 3.63) is 64.7 Å². The highest BCUT2D eigenvalue weighted by atomic mass is 32.2. The van der Waals surface area contributed by atoms with Crippen LogP contribution in [0.5, 0.6) is 5.75 Å². The molecule has 0 aromatic heterocycles. The van der Waals surface area contributed by atoms with Crippen LogP contribution in [0.3, 0.4) is 0 Å². The molecule has 1 atom stereocenters. The first-order chi connectivity index (χ1) is 14.1. The van der Waals surface area contributed by atoms with Crippen molar-refractivity contribution in [2.45, 2.75) is 24.8 Å². The summed E-state index contributed by atoms with van der Waals surface area (Å²) in [4.78, 5) is 8.36. The van der Waals surface area contributed by atoms with Crippen LogP contribution in [0, 0.1) is 17.6 Å². The summed E-state index contributed by atoms with van der Waals surface area (Å²) >= 11 is 1.69. The van der Waals surface area contributed by atoms with Gasteiger partial charge in [-0.25, -0.2) is 8.78 Å². The summed E-state index contributed by atoms with van der Waals surface area (Å²) < 4.78 is 31.7. The number of halogens is 2. The van der Waals surface area contributed by atoms with Crippen LogP contribution in [0.25, 0.3) is 4.91 Å². The highest BCUT2D eigenvalue weighted by Gasteiger charge is 2.25. The number of hydrogen-bond acceptors (Lipinski definition) is 5. The number of thioether (sulfide) groups is 1. The Labute approximate surface area is 173 Å². The number of ether oxygens (including phenoxy) is 1. The molecule has 0 aliphatic carbocycles. The Morgan fingerprint density at radius 2 is 1.90 bits per heavy atom. The molecule has 1 saturated heterocycles. The predicted octanol–water partition coefficient (Wildman–Crippen LogP) is 2.86. The summed E-state index contributed by atoms with van der Waals surface area (Å²) in [6.45, 7) is 3.50. The van der Waals surface area contributed by atoms with Gasteiger partial charge in [0, 0.05) is 22.7 Å². The number of para-hydroxylation sites is 1. The molecule has 0 amide bonds. The van der Waals surface area contributed by atoms with Gasteiger partial charge in [-0.2, -0.15) is 0 Å². The third-order valence-electron chi connectivity index (χ3n) is 5.42. The highest BCUT2D eigenvalue weighted by molar-refractivity contribution is 8.08. The molecule has 7 heteroatoms. The molecule has 0 spiro atoms. The van der Waals surface area contributed by atoms with Gasteiger partial charge >= 0.3 is 0 Å². The summed E-state index contributed by atoms with van der Waals surface area (Å²) in [6, 6.07) is 11.9. The fourth-order valence-corrected chi connectivity index (χ4v) is 5.09. The molecule has 4 nitrogen and oxygen atoms in total. The summed E-state index contributed by atoms with van der Waals surface area (Å²) in [5, 5.41) is 2.24. The zero-order chi connectivity index (χ0) is 20.2. The second-order valence-corrected chi connectivity index (χ2v) is 8.57. The number of benzene rings is 2. The van der Waals surface area contributed by atoms with Gasteiger partial charge < -0.3 is 15.4 Å². The fraction of sp³-hybridized carbons (Fsp3) is 0.409. The molecule has 2 aromatic rings. The van der Waals surface area contributed by atoms with Crippen molar-refractivity contribution in [3.63, 3.8) is 0 Å². The van der Waals surface area contributed by atoms with E-state index in [4.69, 9.17) is 10.5 Å². The predicted molar refractivity (Wildman–Crippen MR) is 112 cm³/mol. The average molecular weight is 418 g/mol. The van der Waals surface area contributed by atoms with Crippen LogP contribution in [0.2, 0.25) is 0 Å². The largest absolute Gasteiger partial charge is 0.493 e. The van der Waals surface area contributed by atoms with E-state index in [-0.39, 0.29) is 5.50 Å². The Balaban J connectivity index is 1.27. The lowest BCUT2D eigenvalue weighted by atomic mass is 9.94. The molecule has 29 heavy (non-hydrogen) atoms. The van der Waals surface area contributed by atoms with Crippen LogP contribution in [-0.2, 0) is 0 Å². The minimum Gasteiger partial charge on any atom is -0.493 e. The molecule has 2 aliphatic rings. The van der Waals surface area contributed by atoms with E-state index >= 15 is 0 Å². The molecule has 1 unspecified atom stereocenters. The van der Waals surface area contributed by atoms with Crippen molar-refractivity contribution < 1.29 is 13.5 Å². The zero-order valence-electron chi connectivity index (χ0n) is 16.2. The summed E-state index contributed by atoms with van der Waals surface area (Å²) in [5.41, 5.74) is 5.91. The van der Waals surface area contributed by atoms with Crippen molar-refractivity contribution in [1.82, 2.24) is 4.90 Å². The number of nitrogens with zero attached hydrogens (tertiary/aromatic N) is 2. The van der Waals surface area contributed by atoms with E-state index in [0.717, 1.165) is 56.4 Å². The van der Waals surface area contributed by atoms with Gasteiger partial charge in [0.15, 0.2) is 11.6 Å². The molecular weight excluding hydrogens is 392 g/mol. The number of hydrogen-bond donors (Lipinski definition) is 1. The Hall–Kier alpha value is -1.96. The van der Waals surface area contributed by atoms with E-state index in [1.54, 1.807) is 11.8 Å². The molecule has 154 valence electrons. The number of rotatable bonds is 6. The standard InChI is InChI=1S/C22H25F2N3OS/c23-18-7-6-16(14-19(18)24)28-13-3-10-27-11-8-15(9-12-27)21-17-4-1-2-5-20(17)26-22(25)29-21/h1-2,4-7,14-15,22H,3,8-13,25H2. The van der Waals surface area contributed by atoms with Gasteiger partial charge in [0.1, 0.15) is 11.2 Å². The highest BCUT2D eigenvalue weighted by Crippen LogP contribution is 2.35. The van der Waals surface area contributed by atoms with Gasteiger partial charge in [-0.05, 0) is 56.5 Å². The Kier molecular flexibility index (Phi) is 6.47. The van der Waals surface area contributed by atoms with Gasteiger partial charge in [0.05, 0.1) is 12.0 Å². The Morgan fingerprint density at radius 3 is 2.69 bits per heavy atom. The molecule has 2 aliphatic heterocycles. The smallest absolute Gasteiger partial charge is 0.162 e. The summed E-state index contributed by atoms with van der Waals surface area (Å²) in [6.07, 6.45) is 3.06. The molecular formula is C22H25F2N3OS. The van der Waals surface area contributed by atoms with Gasteiger partial charge in [-0.1, -0.05) is 30.0 Å². The maximum absolute atomic E-state index is 13.2. The quantitative estimate of drug-likeness (QED) is 0.735. The van der Waals surface area contributed by atoms with Crippen molar-refractivity contribution in [2.24, 2.45) is 16.6 Å². The lowest BCUT2D eigenvalue weighted by Crippen LogP contribution is -2.40. The Bertz CT molecular complexity index is 976. The van der Waals surface area contributed by atoms with E-state index < -0.39 is 11.6 Å². The first-order valence-corrected chi connectivity index (χ1v) is 10.9. The number of piperidine rings is 1. The monoisotopic (exact) mass is 417 g/mol. The maximum atomic E-state index is 13.2. The second-order valence-electron chi connectivity index (χ2n) is 7.41. The lowest BCUT2D eigenvalue weighted by Gasteiger charge is -2.34. The molecule has 0 saturated carbocycles. The minimum atomic E-state index is -0.878. The molecule has 4 rings (SSSR count). The van der Waals surface area contributed by atoms with Crippen LogP contribution in [0.15, 0.2) is 47.5 Å². The van der Waals surface area contributed by atoms with Crippen LogP contribution in [0.4, 0.5) is 8.78 Å². The van der Waals surface area contributed by atoms with Gasteiger partial charge in [0.2, 0.25) is 0 Å². The van der Waals surface area contributed by atoms with Gasteiger partial charge in [-0.3, -0.25) is 4.99 Å². The maximum Gasteiger partial charge on any atom is 0.162 e. The minimum absolute atomic E-state index is 0.216. The zero-order valence-corrected chi connectivity index (χ0v) is 17.0. The topological polar surface area (TPSA) is 50.8 Å².